The van der Waals surface area contributed by atoms with Gasteiger partial charge in [0.2, 0.25) is 0 Å². The van der Waals surface area contributed by atoms with Crippen LogP contribution in [0, 0.1) is 0 Å². The second-order valence-electron chi connectivity index (χ2n) is 28.9. The first kappa shape index (κ1) is 65.5. The van der Waals surface area contributed by atoms with Gasteiger partial charge in [-0.25, -0.2) is 0 Å². The first-order valence-electron chi connectivity index (χ1n) is 31.8. The van der Waals surface area contributed by atoms with Gasteiger partial charge in [0, 0.05) is 69.4 Å². The molecule has 4 atom stereocenters. The van der Waals surface area contributed by atoms with Gasteiger partial charge in [-0.2, -0.15) is 0 Å². The maximum Gasteiger partial charge on any atom is 0.128 e. The minimum Gasteiger partial charge on any atom is -0.507 e. The standard InChI is InChI=1S/C76H96N4O8/c1-73(2,3)61-33-53-29-57(69(61)81)37-77-65-23-13-14-24-66(65)78-38-58-30-54(34-62(70(58)82)74(4,5)6)47-87-43-51-21-18-22-52(28-51)44-88-48-56-32-60(72(84)64(36-56)76(10,11)12)40-80-68-26-16-15-25-67(68)79-39-59-31-55(35-63(71(59)83)75(7,8)9)46-86-42-50-20-17-19-49(27-50)41-85-45-53/h17-22,27-40,65-68,81-84H,13-16,23-26,41-48H2,1-12H3. The molecule has 0 radical (unpaired) electrons. The molecular formula is C76H96N4O8. The Morgan fingerprint density at radius 2 is 0.500 bits per heavy atom. The summed E-state index contributed by atoms with van der Waals surface area (Å²) in [6.07, 6.45) is 14.8. The van der Waals surface area contributed by atoms with Crippen LogP contribution in [-0.4, -0.2) is 69.5 Å². The molecule has 9 rings (SSSR count). The minimum absolute atomic E-state index is 0.111. The summed E-state index contributed by atoms with van der Waals surface area (Å²) in [5.41, 5.74) is 12.3. The van der Waals surface area contributed by atoms with Gasteiger partial charge in [-0.1, -0.05) is 157 Å². The van der Waals surface area contributed by atoms with Gasteiger partial charge in [0.05, 0.1) is 77.0 Å². The van der Waals surface area contributed by atoms with E-state index in [1.165, 1.54) is 0 Å². The number of rotatable bonds is 0. The van der Waals surface area contributed by atoms with Crippen molar-refractivity contribution in [3.8, 4) is 23.0 Å². The molecular weight excluding hydrogens is 1100 g/mol. The largest absolute Gasteiger partial charge is 0.507 e. The summed E-state index contributed by atoms with van der Waals surface area (Å²) in [6.45, 7) is 28.1. The predicted octanol–water partition coefficient (Wildman–Crippen LogP) is 16.6. The third-order valence-corrected chi connectivity index (χ3v) is 17.2. The summed E-state index contributed by atoms with van der Waals surface area (Å²) in [6, 6.07) is 32.2. The molecule has 0 amide bonds. The molecule has 12 nitrogen and oxygen atoms in total. The van der Waals surface area contributed by atoms with Gasteiger partial charge in [-0.15, -0.1) is 0 Å². The Hall–Kier alpha value is -6.96. The summed E-state index contributed by atoms with van der Waals surface area (Å²) in [7, 11) is 0. The summed E-state index contributed by atoms with van der Waals surface area (Å²) in [5.74, 6) is 0.865. The van der Waals surface area contributed by atoms with Crippen LogP contribution in [0.5, 0.6) is 23.0 Å². The van der Waals surface area contributed by atoms with Crippen molar-refractivity contribution in [1.29, 1.82) is 0 Å². The van der Waals surface area contributed by atoms with Crippen molar-refractivity contribution >= 4 is 24.9 Å². The van der Waals surface area contributed by atoms with Crippen molar-refractivity contribution in [2.75, 3.05) is 0 Å². The van der Waals surface area contributed by atoms with E-state index in [1.54, 1.807) is 0 Å². The second-order valence-corrected chi connectivity index (χ2v) is 28.9. The van der Waals surface area contributed by atoms with Crippen LogP contribution in [0.1, 0.15) is 223 Å². The molecule has 468 valence electrons. The zero-order valence-corrected chi connectivity index (χ0v) is 54.4. The molecule has 2 saturated carbocycles. The van der Waals surface area contributed by atoms with Gasteiger partial charge in [0.1, 0.15) is 23.0 Å². The fraction of sp³-hybridized carbons (Fsp3) is 0.474. The molecule has 1 aliphatic heterocycles. The van der Waals surface area contributed by atoms with Crippen molar-refractivity contribution in [3.63, 3.8) is 0 Å². The summed E-state index contributed by atoms with van der Waals surface area (Å²) in [4.78, 5) is 20.6. The molecule has 1 heterocycles. The topological polar surface area (TPSA) is 167 Å². The molecule has 6 aromatic carbocycles. The Morgan fingerprint density at radius 3 is 0.705 bits per heavy atom. The zero-order valence-electron chi connectivity index (χ0n) is 54.4. The first-order valence-corrected chi connectivity index (χ1v) is 31.8. The molecule has 88 heavy (non-hydrogen) atoms. The average Bonchev–Trinajstić information content (AvgIpc) is 1.52. The third-order valence-electron chi connectivity index (χ3n) is 17.2. The van der Waals surface area contributed by atoms with E-state index in [4.69, 9.17) is 38.9 Å². The highest BCUT2D eigenvalue weighted by atomic mass is 16.5. The highest BCUT2D eigenvalue weighted by Crippen LogP contribution is 2.39. The Kier molecular flexibility index (Phi) is 21.0. The molecule has 6 aromatic rings. The molecule has 3 aliphatic rings. The van der Waals surface area contributed by atoms with E-state index < -0.39 is 0 Å². The molecule has 4 unspecified atom stereocenters. The molecule has 0 saturated heterocycles. The van der Waals surface area contributed by atoms with E-state index >= 15 is 0 Å². The highest BCUT2D eigenvalue weighted by Gasteiger charge is 2.29. The van der Waals surface area contributed by atoms with Crippen molar-refractivity contribution in [2.24, 2.45) is 20.0 Å². The smallest absolute Gasteiger partial charge is 0.128 e. The molecule has 12 bridgehead atoms. The molecule has 2 aliphatic carbocycles. The lowest BCUT2D eigenvalue weighted by molar-refractivity contribution is 0.103. The van der Waals surface area contributed by atoms with Crippen molar-refractivity contribution < 1.29 is 39.4 Å². The van der Waals surface area contributed by atoms with Crippen LogP contribution < -0.4 is 0 Å². The number of phenols is 4. The van der Waals surface area contributed by atoms with E-state index in [2.05, 4.69) is 119 Å². The molecule has 12 heteroatoms. The van der Waals surface area contributed by atoms with Gasteiger partial charge in [-0.3, -0.25) is 20.0 Å². The van der Waals surface area contributed by atoms with Gasteiger partial charge >= 0.3 is 0 Å². The Morgan fingerprint density at radius 1 is 0.295 bits per heavy atom. The number of phenolic OH excluding ortho intramolecular Hbond substituents is 4. The lowest BCUT2D eigenvalue weighted by Crippen LogP contribution is -2.27. The minimum atomic E-state index is -0.344. The van der Waals surface area contributed by atoms with Crippen LogP contribution in [0.25, 0.3) is 0 Å². The molecule has 4 N–H and O–H groups in total. The number of benzene rings is 6. The van der Waals surface area contributed by atoms with E-state index in [9.17, 15) is 20.4 Å². The van der Waals surface area contributed by atoms with Gasteiger partial charge in [-0.05, 0) is 140 Å². The molecule has 0 aromatic heterocycles. The summed E-state index contributed by atoms with van der Waals surface area (Å²) in [5, 5.41) is 47.1. The van der Waals surface area contributed by atoms with E-state index in [-0.39, 0.29) is 68.8 Å². The number of fused-ring (bicyclic) bond motifs is 14. The van der Waals surface area contributed by atoms with E-state index in [0.29, 0.717) is 75.1 Å². The maximum absolute atomic E-state index is 11.8. The Bertz CT molecular complexity index is 3060. The van der Waals surface area contributed by atoms with E-state index in [0.717, 1.165) is 118 Å². The number of ether oxygens (including phenoxy) is 4. The second kappa shape index (κ2) is 28.3. The highest BCUT2D eigenvalue weighted by molar-refractivity contribution is 5.87. The summed E-state index contributed by atoms with van der Waals surface area (Å²) < 4.78 is 25.6. The Labute approximate surface area is 524 Å². The number of nitrogens with zero attached hydrogens (tertiary/aromatic N) is 4. The van der Waals surface area contributed by atoms with Crippen LogP contribution in [0.3, 0.4) is 0 Å². The SMILES string of the molecule is CC(C)(C)c1cc2cc(c1O)C=NC1CCCCC1N=Cc1cc(cc(C(C)(C)C)c1O)COCc1cccc(c1)COCc1cc(c(O)c(C(C)(C)C)c1)C=NC1CCCCC1N=Cc1cc(cc(C(C)(C)C)c1O)COCc1cccc(c1)COC2. The molecule has 0 spiro atoms. The number of aliphatic imine (C=N–C) groups is 4. The van der Waals surface area contributed by atoms with Crippen LogP contribution in [0.4, 0.5) is 0 Å². The fourth-order valence-electron chi connectivity index (χ4n) is 12.2. The van der Waals surface area contributed by atoms with Crippen molar-refractivity contribution in [2.45, 2.75) is 233 Å². The van der Waals surface area contributed by atoms with Crippen molar-refractivity contribution in [1.82, 2.24) is 0 Å². The van der Waals surface area contributed by atoms with Crippen LogP contribution in [0.2, 0.25) is 0 Å². The number of hydrogen-bond acceptors (Lipinski definition) is 12. The predicted molar refractivity (Wildman–Crippen MR) is 357 cm³/mol. The summed E-state index contributed by atoms with van der Waals surface area (Å²) >= 11 is 0. The number of aromatic hydroxyl groups is 4. The van der Waals surface area contributed by atoms with Gasteiger partial charge in [0.25, 0.3) is 0 Å². The lowest BCUT2D eigenvalue weighted by atomic mass is 9.84. The van der Waals surface area contributed by atoms with Crippen LogP contribution >= 0.6 is 0 Å². The quantitative estimate of drug-likeness (QED) is 0.117. The zero-order chi connectivity index (χ0) is 63.0. The van der Waals surface area contributed by atoms with Gasteiger partial charge < -0.3 is 39.4 Å². The Balaban J connectivity index is 1.02. The van der Waals surface area contributed by atoms with Gasteiger partial charge in [0.15, 0.2) is 0 Å². The van der Waals surface area contributed by atoms with Crippen LogP contribution in [0.15, 0.2) is 117 Å². The monoisotopic (exact) mass is 1190 g/mol. The molecule has 2 fully saturated rings. The first-order chi connectivity index (χ1) is 41.8. The normalized spacial score (nSPS) is 20.0. The van der Waals surface area contributed by atoms with Crippen LogP contribution in [-0.2, 0) is 93.5 Å². The van der Waals surface area contributed by atoms with Crippen molar-refractivity contribution in [3.05, 3.63) is 186 Å². The number of hydrogen-bond donors (Lipinski definition) is 4. The third kappa shape index (κ3) is 17.3. The lowest BCUT2D eigenvalue weighted by Gasteiger charge is -2.26. The maximum atomic E-state index is 11.8. The average molecular weight is 1190 g/mol. The fourth-order valence-corrected chi connectivity index (χ4v) is 12.2. The van der Waals surface area contributed by atoms with E-state index in [1.807, 2.05) is 85.5 Å².